The van der Waals surface area contributed by atoms with Gasteiger partial charge in [-0.15, -0.1) is 11.3 Å². The molecule has 3 heterocycles. The normalized spacial score (nSPS) is 15.7. The lowest BCUT2D eigenvalue weighted by Gasteiger charge is -2.26. The van der Waals surface area contributed by atoms with Gasteiger partial charge in [-0.25, -0.2) is 9.97 Å². The van der Waals surface area contributed by atoms with E-state index in [0.717, 1.165) is 41.2 Å². The molecule has 8 nitrogen and oxygen atoms in total. The van der Waals surface area contributed by atoms with Crippen molar-refractivity contribution in [3.63, 3.8) is 0 Å². The maximum Gasteiger partial charge on any atom is 0.416 e. The van der Waals surface area contributed by atoms with Crippen LogP contribution in [0.25, 0.3) is 11.3 Å². The fourth-order valence-electron chi connectivity index (χ4n) is 6.27. The molecule has 2 amide bonds. The van der Waals surface area contributed by atoms with Crippen LogP contribution >= 0.6 is 22.9 Å². The van der Waals surface area contributed by atoms with Crippen molar-refractivity contribution in [3.8, 4) is 11.3 Å². The van der Waals surface area contributed by atoms with Crippen molar-refractivity contribution in [1.82, 2.24) is 25.5 Å². The quantitative estimate of drug-likeness (QED) is 0.121. The van der Waals surface area contributed by atoms with E-state index in [9.17, 15) is 27.9 Å². The Bertz CT molecular complexity index is 2030. The van der Waals surface area contributed by atoms with Crippen LogP contribution < -0.4 is 10.6 Å². The lowest BCUT2D eigenvalue weighted by molar-refractivity contribution is -0.137. The summed E-state index contributed by atoms with van der Waals surface area (Å²) in [5.74, 6) is -0.862. The zero-order valence-electron chi connectivity index (χ0n) is 28.2. The van der Waals surface area contributed by atoms with E-state index in [2.05, 4.69) is 15.6 Å². The minimum Gasteiger partial charge on any atom is -0.390 e. The molecule has 1 aliphatic rings. The van der Waals surface area contributed by atoms with Crippen molar-refractivity contribution in [2.45, 2.75) is 57.1 Å². The van der Waals surface area contributed by atoms with Gasteiger partial charge in [-0.05, 0) is 67.6 Å². The van der Waals surface area contributed by atoms with Crippen molar-refractivity contribution in [2.24, 2.45) is 0 Å². The van der Waals surface area contributed by atoms with Gasteiger partial charge in [-0.1, -0.05) is 72.3 Å². The van der Waals surface area contributed by atoms with Crippen LogP contribution in [0.15, 0.2) is 96.4 Å². The second-order valence-electron chi connectivity index (χ2n) is 12.8. The lowest BCUT2D eigenvalue weighted by atomic mass is 10.00. The van der Waals surface area contributed by atoms with Crippen LogP contribution in [0.5, 0.6) is 0 Å². The molecule has 52 heavy (non-hydrogen) atoms. The Labute approximate surface area is 308 Å². The van der Waals surface area contributed by atoms with Crippen LogP contribution in [-0.4, -0.2) is 57.0 Å². The van der Waals surface area contributed by atoms with Crippen LogP contribution in [0, 0.1) is 6.92 Å². The van der Waals surface area contributed by atoms with Gasteiger partial charge in [0.05, 0.1) is 29.4 Å². The molecule has 2 aromatic heterocycles. The van der Waals surface area contributed by atoms with E-state index in [1.165, 1.54) is 23.5 Å². The first-order valence-electron chi connectivity index (χ1n) is 16.9. The number of rotatable bonds is 12. The summed E-state index contributed by atoms with van der Waals surface area (Å²) in [7, 11) is 0. The van der Waals surface area contributed by atoms with Crippen LogP contribution in [0.4, 0.5) is 13.2 Å². The van der Waals surface area contributed by atoms with E-state index in [4.69, 9.17) is 16.6 Å². The van der Waals surface area contributed by atoms with E-state index in [0.29, 0.717) is 28.4 Å². The first kappa shape index (κ1) is 37.1. The lowest BCUT2D eigenvalue weighted by Crippen LogP contribution is -2.48. The number of thiazole rings is 1. The van der Waals surface area contributed by atoms with Gasteiger partial charge in [0, 0.05) is 46.9 Å². The molecular formula is C39H37ClF3N5O3S. The zero-order valence-corrected chi connectivity index (χ0v) is 29.8. The minimum absolute atomic E-state index is 0.0194. The number of carbonyl (C=O) groups is 2. The number of alkyl halides is 3. The predicted molar refractivity (Wildman–Crippen MR) is 195 cm³/mol. The number of carbonyl (C=O) groups excluding carboxylic acids is 2. The molecule has 0 bridgehead atoms. The summed E-state index contributed by atoms with van der Waals surface area (Å²) in [5.41, 5.74) is 2.63. The monoisotopic (exact) mass is 747 g/mol. The highest BCUT2D eigenvalue weighted by atomic mass is 35.5. The largest absolute Gasteiger partial charge is 0.416 e. The zero-order chi connectivity index (χ0) is 36.8. The molecule has 3 aromatic carbocycles. The van der Waals surface area contributed by atoms with Gasteiger partial charge in [-0.2, -0.15) is 13.2 Å². The first-order valence-corrected chi connectivity index (χ1v) is 18.1. The summed E-state index contributed by atoms with van der Waals surface area (Å²) in [4.78, 5) is 39.3. The number of nitrogens with one attached hydrogen (secondary N) is 2. The van der Waals surface area contributed by atoms with E-state index >= 15 is 0 Å². The topological polar surface area (TPSA) is 107 Å². The number of hydrogen-bond donors (Lipinski definition) is 3. The summed E-state index contributed by atoms with van der Waals surface area (Å²) in [6.45, 7) is 2.49. The van der Waals surface area contributed by atoms with E-state index in [-0.39, 0.29) is 42.7 Å². The molecule has 270 valence electrons. The van der Waals surface area contributed by atoms with E-state index in [1.807, 2.05) is 42.6 Å². The number of pyridine rings is 1. The number of nitrogens with zero attached hydrogens (tertiary/aromatic N) is 3. The first-order chi connectivity index (χ1) is 24.9. The number of aliphatic hydroxyl groups is 1. The van der Waals surface area contributed by atoms with Crippen LogP contribution in [0.1, 0.15) is 67.1 Å². The van der Waals surface area contributed by atoms with E-state index in [1.54, 1.807) is 41.3 Å². The Morgan fingerprint density at radius 1 is 1.00 bits per heavy atom. The van der Waals surface area contributed by atoms with Gasteiger partial charge in [-0.3, -0.25) is 9.59 Å². The van der Waals surface area contributed by atoms with Crippen molar-refractivity contribution in [3.05, 3.63) is 140 Å². The number of hydrogen-bond acceptors (Lipinski definition) is 7. The van der Waals surface area contributed by atoms with Crippen molar-refractivity contribution in [2.75, 3.05) is 13.1 Å². The van der Waals surface area contributed by atoms with Crippen LogP contribution in [0.2, 0.25) is 5.02 Å². The molecule has 1 fully saturated rings. The van der Waals surface area contributed by atoms with Crippen molar-refractivity contribution >= 4 is 34.8 Å². The molecule has 1 saturated heterocycles. The average Bonchev–Trinajstić information content (AvgIpc) is 3.80. The molecule has 5 aromatic rings. The number of benzene rings is 3. The summed E-state index contributed by atoms with van der Waals surface area (Å²) in [6.07, 6.45) is -3.77. The third-order valence-electron chi connectivity index (χ3n) is 8.88. The number of amides is 2. The Hall–Kier alpha value is -4.62. The van der Waals surface area contributed by atoms with Gasteiger partial charge >= 0.3 is 6.18 Å². The molecular weight excluding hydrogens is 711 g/mol. The van der Waals surface area contributed by atoms with E-state index < -0.39 is 29.8 Å². The van der Waals surface area contributed by atoms with Gasteiger partial charge < -0.3 is 20.6 Å². The van der Waals surface area contributed by atoms with Gasteiger partial charge in [0.25, 0.3) is 11.8 Å². The Balaban J connectivity index is 1.26. The summed E-state index contributed by atoms with van der Waals surface area (Å²) in [6, 6.07) is 23.3. The second kappa shape index (κ2) is 16.4. The summed E-state index contributed by atoms with van der Waals surface area (Å²) < 4.78 is 39.7. The fraction of sp³-hybridized carbons (Fsp3) is 0.282. The molecule has 3 unspecified atom stereocenters. The fourth-order valence-corrected chi connectivity index (χ4v) is 7.41. The number of aromatic nitrogens is 2. The molecule has 0 saturated carbocycles. The highest BCUT2D eigenvalue weighted by Crippen LogP contribution is 2.35. The number of aliphatic hydroxyl groups excluding tert-OH is 1. The van der Waals surface area contributed by atoms with Crippen LogP contribution in [0.3, 0.4) is 0 Å². The highest BCUT2D eigenvalue weighted by molar-refractivity contribution is 7.09. The van der Waals surface area contributed by atoms with Gasteiger partial charge in [0.2, 0.25) is 0 Å². The molecule has 6 rings (SSSR count). The number of halogens is 4. The Morgan fingerprint density at radius 3 is 2.50 bits per heavy atom. The summed E-state index contributed by atoms with van der Waals surface area (Å²) >= 11 is 7.82. The maximum atomic E-state index is 14.1. The molecule has 1 aliphatic heterocycles. The Morgan fingerprint density at radius 2 is 1.77 bits per heavy atom. The van der Waals surface area contributed by atoms with Crippen molar-refractivity contribution < 1.29 is 27.9 Å². The SMILES string of the molecule is Cc1csc(C2CCCN2C(=O)c2cc(C(=O)NC(Cc3ccccc3)C(O)CNCc3cccc(C(F)(F)F)c3)cc(-c3cccc(Cl)c3)n2)n1. The molecule has 3 atom stereocenters. The highest BCUT2D eigenvalue weighted by Gasteiger charge is 2.34. The maximum absolute atomic E-state index is 14.1. The van der Waals surface area contributed by atoms with Gasteiger partial charge in [0.15, 0.2) is 0 Å². The average molecular weight is 748 g/mol. The third kappa shape index (κ3) is 9.23. The van der Waals surface area contributed by atoms with Crippen molar-refractivity contribution in [1.29, 1.82) is 0 Å². The third-order valence-corrected chi connectivity index (χ3v) is 10.2. The smallest absolute Gasteiger partial charge is 0.390 e. The summed E-state index contributed by atoms with van der Waals surface area (Å²) in [5, 5.41) is 20.6. The van der Waals surface area contributed by atoms with Crippen LogP contribution in [-0.2, 0) is 19.1 Å². The molecule has 0 radical (unpaired) electrons. The van der Waals surface area contributed by atoms with Gasteiger partial charge in [0.1, 0.15) is 10.7 Å². The standard InChI is InChI=1S/C39H37ClF3N5O3S/c1-24-23-52-37(45-24)34-14-7-15-48(34)38(51)33-20-28(19-31(46-33)27-11-6-13-30(40)18-27)36(50)47-32(17-25-8-3-2-4-9-25)35(49)22-44-21-26-10-5-12-29(16-26)39(41,42)43/h2-6,8-13,16,18-20,23,32,34-35,44,49H,7,14-15,17,21-22H2,1H3,(H,47,50). The Kier molecular flexibility index (Phi) is 11.7. The molecule has 13 heteroatoms. The number of aryl methyl sites for hydroxylation is 1. The predicted octanol–water partition coefficient (Wildman–Crippen LogP) is 7.65. The molecule has 0 spiro atoms. The molecule has 0 aliphatic carbocycles. The minimum atomic E-state index is -4.47. The molecule has 3 N–H and O–H groups in total. The number of likely N-dealkylation sites (tertiary alicyclic amines) is 1. The second-order valence-corrected chi connectivity index (χ2v) is 14.1.